The predicted molar refractivity (Wildman–Crippen MR) is 159 cm³/mol. The van der Waals surface area contributed by atoms with Gasteiger partial charge in [-0.3, -0.25) is 0 Å². The molecule has 1 aliphatic heterocycles. The van der Waals surface area contributed by atoms with E-state index in [2.05, 4.69) is 0 Å². The fraction of sp³-hybridized carbons (Fsp3) is 0.500. The van der Waals surface area contributed by atoms with E-state index in [-0.39, 0.29) is 54.8 Å². The second kappa shape index (κ2) is 13.6. The fourth-order valence-corrected chi connectivity index (χ4v) is 5.73. The topological polar surface area (TPSA) is 96.9 Å². The van der Waals surface area contributed by atoms with Gasteiger partial charge in [0.05, 0.1) is 23.9 Å². The largest absolute Gasteiger partial charge is 0.508 e. The number of benzene rings is 2. The van der Waals surface area contributed by atoms with Crippen molar-refractivity contribution >= 4 is 6.03 Å². The van der Waals surface area contributed by atoms with Crippen LogP contribution in [0.1, 0.15) is 58.5 Å². The van der Waals surface area contributed by atoms with Crippen LogP contribution in [-0.4, -0.2) is 75.0 Å². The van der Waals surface area contributed by atoms with Gasteiger partial charge in [-0.05, 0) is 49.4 Å². The van der Waals surface area contributed by atoms with E-state index in [1.165, 1.54) is 12.3 Å². The summed E-state index contributed by atoms with van der Waals surface area (Å²) in [4.78, 5) is 22.3. The standard InChI is InChI=1S/C32H41F4N5O3/c1-19-15-40(16-20(2)44-19)31(43)41(10-9-23(37)14-33)29(32(3,4)5)30-38-27(25-12-22(34)13-26(35)28(25)36)18-39(30)17-21-7-6-8-24(42)11-21/h6-8,11-13,18-20,23,29,42H,9-10,14-17,37H2,1-5H3/t19-,20+,23-,29-/m0/s1. The Kier molecular flexibility index (Phi) is 10.2. The first-order chi connectivity index (χ1) is 20.7. The number of carbonyl (C=O) groups is 1. The van der Waals surface area contributed by atoms with Crippen LogP contribution < -0.4 is 5.73 Å². The summed E-state index contributed by atoms with van der Waals surface area (Å²) in [6, 6.07) is 5.94. The van der Waals surface area contributed by atoms with E-state index in [1.807, 2.05) is 34.6 Å². The summed E-state index contributed by atoms with van der Waals surface area (Å²) in [6.45, 7) is 9.61. The second-order valence-corrected chi connectivity index (χ2v) is 12.6. The molecule has 2 amide bonds. The zero-order valence-corrected chi connectivity index (χ0v) is 25.7. The van der Waals surface area contributed by atoms with Crippen LogP contribution in [0, 0.1) is 22.9 Å². The van der Waals surface area contributed by atoms with E-state index >= 15 is 4.39 Å². The molecule has 0 bridgehead atoms. The van der Waals surface area contributed by atoms with Crippen LogP contribution in [0.15, 0.2) is 42.6 Å². The minimum atomic E-state index is -1.36. The number of morpholine rings is 1. The van der Waals surface area contributed by atoms with Crippen molar-refractivity contribution in [3.05, 3.63) is 71.4 Å². The van der Waals surface area contributed by atoms with Crippen LogP contribution in [0.4, 0.5) is 22.4 Å². The molecule has 1 fully saturated rings. The number of hydrogen-bond donors (Lipinski definition) is 2. The lowest BCUT2D eigenvalue weighted by Gasteiger charge is -2.44. The lowest BCUT2D eigenvalue weighted by molar-refractivity contribution is -0.0613. The molecule has 3 N–H and O–H groups in total. The molecule has 1 aliphatic rings. The summed E-state index contributed by atoms with van der Waals surface area (Å²) >= 11 is 0. The summed E-state index contributed by atoms with van der Waals surface area (Å²) in [5.41, 5.74) is 5.53. The highest BCUT2D eigenvalue weighted by Gasteiger charge is 2.41. The van der Waals surface area contributed by atoms with Crippen LogP contribution in [-0.2, 0) is 11.3 Å². The van der Waals surface area contributed by atoms with E-state index in [0.29, 0.717) is 30.5 Å². The first-order valence-electron chi connectivity index (χ1n) is 14.7. The average molecular weight is 620 g/mol. The number of nitrogens with two attached hydrogens (primary N) is 1. The Hall–Kier alpha value is -3.64. The normalized spacial score (nSPS) is 18.7. The molecule has 4 atom stereocenters. The number of halogens is 4. The highest BCUT2D eigenvalue weighted by molar-refractivity contribution is 5.75. The second-order valence-electron chi connectivity index (χ2n) is 12.6. The maximum absolute atomic E-state index is 15.0. The number of rotatable bonds is 9. The molecule has 0 saturated carbocycles. The zero-order valence-electron chi connectivity index (χ0n) is 25.7. The first kappa shape index (κ1) is 33.3. The lowest BCUT2D eigenvalue weighted by atomic mass is 9.84. The molecule has 2 aromatic carbocycles. The number of alkyl halides is 1. The van der Waals surface area contributed by atoms with E-state index in [0.717, 1.165) is 6.07 Å². The Morgan fingerprint density at radius 3 is 2.45 bits per heavy atom. The number of amides is 2. The summed E-state index contributed by atoms with van der Waals surface area (Å²) in [6.07, 6.45) is 1.21. The van der Waals surface area contributed by atoms with Crippen molar-refractivity contribution in [2.45, 2.75) is 71.9 Å². The van der Waals surface area contributed by atoms with Crippen LogP contribution in [0.2, 0.25) is 0 Å². The molecule has 240 valence electrons. The van der Waals surface area contributed by atoms with Gasteiger partial charge in [-0.15, -0.1) is 0 Å². The smallest absolute Gasteiger partial charge is 0.320 e. The molecule has 8 nitrogen and oxygen atoms in total. The highest BCUT2D eigenvalue weighted by atomic mass is 19.2. The lowest BCUT2D eigenvalue weighted by Crippen LogP contribution is -2.55. The number of phenols is 1. The average Bonchev–Trinajstić information content (AvgIpc) is 3.33. The highest BCUT2D eigenvalue weighted by Crippen LogP contribution is 2.40. The number of urea groups is 1. The SMILES string of the molecule is C[C@@H]1CN(C(=O)N(CC[C@H](N)CF)[C@@H](c2nc(-c3cc(F)cc(F)c3F)cn2Cc2cccc(O)c2)C(C)(C)C)C[C@H](C)O1. The van der Waals surface area contributed by atoms with E-state index in [9.17, 15) is 23.1 Å². The fourth-order valence-electron chi connectivity index (χ4n) is 5.73. The van der Waals surface area contributed by atoms with Gasteiger partial charge in [0.1, 0.15) is 24.1 Å². The van der Waals surface area contributed by atoms with Gasteiger partial charge >= 0.3 is 6.03 Å². The van der Waals surface area contributed by atoms with Crippen molar-refractivity contribution in [1.29, 1.82) is 0 Å². The number of imidazole rings is 1. The molecule has 1 aromatic heterocycles. The number of carbonyl (C=O) groups excluding carboxylic acids is 1. The predicted octanol–water partition coefficient (Wildman–Crippen LogP) is 6.03. The van der Waals surface area contributed by atoms with Gasteiger partial charge in [-0.2, -0.15) is 0 Å². The number of ether oxygens (including phenoxy) is 1. The molecule has 0 radical (unpaired) electrons. The Bertz CT molecular complexity index is 1450. The quantitative estimate of drug-likeness (QED) is 0.225. The van der Waals surface area contributed by atoms with Crippen molar-refractivity contribution in [2.24, 2.45) is 11.1 Å². The number of aromatic hydroxyl groups is 1. The molecular weight excluding hydrogens is 578 g/mol. The van der Waals surface area contributed by atoms with Crippen LogP contribution >= 0.6 is 0 Å². The van der Waals surface area contributed by atoms with Gasteiger partial charge < -0.3 is 29.9 Å². The third-order valence-electron chi connectivity index (χ3n) is 7.59. The molecule has 44 heavy (non-hydrogen) atoms. The van der Waals surface area contributed by atoms with Crippen molar-refractivity contribution < 1.29 is 32.2 Å². The van der Waals surface area contributed by atoms with E-state index < -0.39 is 41.6 Å². The number of aromatic nitrogens is 2. The molecule has 1 saturated heterocycles. The van der Waals surface area contributed by atoms with Crippen LogP contribution in [0.25, 0.3) is 11.3 Å². The number of hydrogen-bond acceptors (Lipinski definition) is 5. The molecule has 0 spiro atoms. The van der Waals surface area contributed by atoms with Gasteiger partial charge in [0.25, 0.3) is 0 Å². The third kappa shape index (κ3) is 7.71. The first-order valence-corrected chi connectivity index (χ1v) is 14.7. The van der Waals surface area contributed by atoms with Crippen LogP contribution in [0.3, 0.4) is 0 Å². The molecule has 0 unspecified atom stereocenters. The van der Waals surface area contributed by atoms with E-state index in [1.54, 1.807) is 32.6 Å². The van der Waals surface area contributed by atoms with Gasteiger partial charge in [0, 0.05) is 50.0 Å². The summed E-state index contributed by atoms with van der Waals surface area (Å²) < 4.78 is 64.6. The van der Waals surface area contributed by atoms with Crippen molar-refractivity contribution in [1.82, 2.24) is 19.4 Å². The van der Waals surface area contributed by atoms with Gasteiger partial charge in [0.15, 0.2) is 11.6 Å². The van der Waals surface area contributed by atoms with Gasteiger partial charge in [-0.25, -0.2) is 27.3 Å². The zero-order chi connectivity index (χ0) is 32.3. The summed E-state index contributed by atoms with van der Waals surface area (Å²) in [5, 5.41) is 10.1. The minimum Gasteiger partial charge on any atom is -0.508 e. The summed E-state index contributed by atoms with van der Waals surface area (Å²) in [5.74, 6) is -3.24. The van der Waals surface area contributed by atoms with E-state index in [4.69, 9.17) is 15.5 Å². The van der Waals surface area contributed by atoms with Crippen molar-refractivity contribution in [3.8, 4) is 17.0 Å². The Morgan fingerprint density at radius 2 is 1.84 bits per heavy atom. The molecule has 3 aromatic rings. The molecule has 4 rings (SSSR count). The van der Waals surface area contributed by atoms with Crippen LogP contribution in [0.5, 0.6) is 5.75 Å². The molecule has 0 aliphatic carbocycles. The van der Waals surface area contributed by atoms with Gasteiger partial charge in [0.2, 0.25) is 0 Å². The van der Waals surface area contributed by atoms with Gasteiger partial charge in [-0.1, -0.05) is 32.9 Å². The molecule has 2 heterocycles. The van der Waals surface area contributed by atoms with Crippen molar-refractivity contribution in [3.63, 3.8) is 0 Å². The molecular formula is C32H41F4N5O3. The maximum Gasteiger partial charge on any atom is 0.320 e. The minimum absolute atomic E-state index is 0.0302. The summed E-state index contributed by atoms with van der Waals surface area (Å²) in [7, 11) is 0. The third-order valence-corrected chi connectivity index (χ3v) is 7.59. The number of phenolic OH excluding ortho intramolecular Hbond substituents is 1. The Labute approximate surface area is 255 Å². The maximum atomic E-state index is 15.0. The number of nitrogens with zero attached hydrogens (tertiary/aromatic N) is 4. The molecule has 12 heteroatoms. The Balaban J connectivity index is 1.90. The monoisotopic (exact) mass is 619 g/mol. The Morgan fingerprint density at radius 1 is 1.16 bits per heavy atom. The van der Waals surface area contributed by atoms with Crippen molar-refractivity contribution in [2.75, 3.05) is 26.3 Å².